The molecule has 0 aromatic heterocycles. The van der Waals surface area contributed by atoms with Crippen LogP contribution in [-0.2, 0) is 9.59 Å². The van der Waals surface area contributed by atoms with Gasteiger partial charge in [0.25, 0.3) is 0 Å². The number of allylic oxidation sites excluding steroid dienone is 2. The summed E-state index contributed by atoms with van der Waals surface area (Å²) in [6.45, 7) is 7.51. The molecule has 1 aliphatic rings. The zero-order valence-corrected chi connectivity index (χ0v) is 10.6. The van der Waals surface area contributed by atoms with Crippen LogP contribution in [0.25, 0.3) is 0 Å². The molecule has 3 heteroatoms. The number of carbonyl (C=O) groups excluding carboxylic acids is 2. The van der Waals surface area contributed by atoms with Crippen molar-refractivity contribution in [1.82, 2.24) is 0 Å². The maximum Gasteiger partial charge on any atom is 0.186 e. The summed E-state index contributed by atoms with van der Waals surface area (Å²) in [6, 6.07) is 0. The third-order valence-corrected chi connectivity index (χ3v) is 3.90. The predicted octanol–water partition coefficient (Wildman–Crippen LogP) is 2.97. The van der Waals surface area contributed by atoms with E-state index in [2.05, 4.69) is 0 Å². The van der Waals surface area contributed by atoms with E-state index in [9.17, 15) is 9.59 Å². The quantitative estimate of drug-likeness (QED) is 0.726. The highest BCUT2D eigenvalue weighted by molar-refractivity contribution is 8.14. The molecule has 0 heterocycles. The van der Waals surface area contributed by atoms with E-state index in [0.29, 0.717) is 0 Å². The molecular weight excluding hydrogens is 208 g/mol. The lowest BCUT2D eigenvalue weighted by molar-refractivity contribution is -0.119. The molecule has 0 radical (unpaired) electrons. The molecule has 0 N–H and O–H groups in total. The lowest BCUT2D eigenvalue weighted by Gasteiger charge is -2.33. The normalized spacial score (nSPS) is 22.5. The standard InChI is InChI=1S/C12H18O2S/c1-8-5-6-10(11(14)7-8)12(3,4)15-9(2)13/h7,10H,5-6H2,1-4H3. The number of hydrogen-bond donors (Lipinski definition) is 0. The fourth-order valence-corrected chi connectivity index (χ4v) is 3.18. The second-order valence-corrected chi connectivity index (χ2v) is 6.51. The summed E-state index contributed by atoms with van der Waals surface area (Å²) < 4.78 is -0.278. The molecule has 0 aromatic rings. The van der Waals surface area contributed by atoms with Crippen molar-refractivity contribution in [3.63, 3.8) is 0 Å². The first kappa shape index (κ1) is 12.5. The summed E-state index contributed by atoms with van der Waals surface area (Å²) in [5, 5.41) is 0.0825. The summed E-state index contributed by atoms with van der Waals surface area (Å²) >= 11 is 1.28. The minimum Gasteiger partial charge on any atom is -0.294 e. The highest BCUT2D eigenvalue weighted by atomic mass is 32.2. The predicted molar refractivity (Wildman–Crippen MR) is 63.8 cm³/mol. The summed E-state index contributed by atoms with van der Waals surface area (Å²) in [4.78, 5) is 22.9. The van der Waals surface area contributed by atoms with E-state index < -0.39 is 0 Å². The lowest BCUT2D eigenvalue weighted by atomic mass is 9.81. The number of thioether (sulfide) groups is 1. The molecule has 1 unspecified atom stereocenters. The van der Waals surface area contributed by atoms with Crippen molar-refractivity contribution >= 4 is 22.7 Å². The summed E-state index contributed by atoms with van der Waals surface area (Å²) in [6.07, 6.45) is 3.57. The molecule has 2 nitrogen and oxygen atoms in total. The Morgan fingerprint density at radius 2 is 2.13 bits per heavy atom. The van der Waals surface area contributed by atoms with Crippen LogP contribution in [-0.4, -0.2) is 15.6 Å². The van der Waals surface area contributed by atoms with Crippen LogP contribution in [0.5, 0.6) is 0 Å². The number of rotatable bonds is 2. The molecule has 15 heavy (non-hydrogen) atoms. The summed E-state index contributed by atoms with van der Waals surface area (Å²) in [7, 11) is 0. The first-order valence-electron chi connectivity index (χ1n) is 5.23. The number of hydrogen-bond acceptors (Lipinski definition) is 3. The van der Waals surface area contributed by atoms with Crippen LogP contribution in [0.4, 0.5) is 0 Å². The van der Waals surface area contributed by atoms with E-state index in [4.69, 9.17) is 0 Å². The van der Waals surface area contributed by atoms with Gasteiger partial charge in [0, 0.05) is 17.6 Å². The Labute approximate surface area is 95.5 Å². The van der Waals surface area contributed by atoms with E-state index in [1.807, 2.05) is 20.8 Å². The Kier molecular flexibility index (Phi) is 3.77. The van der Waals surface area contributed by atoms with Crippen LogP contribution < -0.4 is 0 Å². The summed E-state index contributed by atoms with van der Waals surface area (Å²) in [5.41, 5.74) is 1.15. The van der Waals surface area contributed by atoms with Crippen molar-refractivity contribution in [3.8, 4) is 0 Å². The second kappa shape index (κ2) is 4.52. The zero-order valence-electron chi connectivity index (χ0n) is 9.79. The van der Waals surface area contributed by atoms with Crippen molar-refractivity contribution in [1.29, 1.82) is 0 Å². The molecule has 0 bridgehead atoms. The highest BCUT2D eigenvalue weighted by Gasteiger charge is 2.37. The van der Waals surface area contributed by atoms with Crippen molar-refractivity contribution in [2.45, 2.75) is 45.3 Å². The number of carbonyl (C=O) groups is 2. The van der Waals surface area contributed by atoms with E-state index in [0.717, 1.165) is 18.4 Å². The van der Waals surface area contributed by atoms with Crippen LogP contribution in [0.3, 0.4) is 0 Å². The topological polar surface area (TPSA) is 34.1 Å². The van der Waals surface area contributed by atoms with E-state index in [1.165, 1.54) is 11.8 Å². The van der Waals surface area contributed by atoms with E-state index in [-0.39, 0.29) is 21.6 Å². The Bertz CT molecular complexity index is 316. The van der Waals surface area contributed by atoms with Crippen molar-refractivity contribution in [2.75, 3.05) is 0 Å². The molecule has 1 atom stereocenters. The van der Waals surface area contributed by atoms with Gasteiger partial charge in [-0.1, -0.05) is 17.3 Å². The third-order valence-electron chi connectivity index (χ3n) is 2.81. The maximum absolute atomic E-state index is 11.8. The molecule has 84 valence electrons. The van der Waals surface area contributed by atoms with Gasteiger partial charge in [0.05, 0.1) is 0 Å². The van der Waals surface area contributed by atoms with Gasteiger partial charge in [-0.25, -0.2) is 0 Å². The molecule has 1 aliphatic carbocycles. The molecule has 1 rings (SSSR count). The van der Waals surface area contributed by atoms with Gasteiger partial charge < -0.3 is 0 Å². The van der Waals surface area contributed by atoms with Crippen LogP contribution in [0.15, 0.2) is 11.6 Å². The minimum absolute atomic E-state index is 0.0184. The van der Waals surface area contributed by atoms with Gasteiger partial charge in [-0.05, 0) is 39.7 Å². The molecule has 0 saturated heterocycles. The van der Waals surface area contributed by atoms with Crippen molar-refractivity contribution in [3.05, 3.63) is 11.6 Å². The van der Waals surface area contributed by atoms with Gasteiger partial charge in [-0.3, -0.25) is 9.59 Å². The fraction of sp³-hybridized carbons (Fsp3) is 0.667. The van der Waals surface area contributed by atoms with Gasteiger partial charge in [0.2, 0.25) is 0 Å². The molecular formula is C12H18O2S. The molecule has 0 aromatic carbocycles. The van der Waals surface area contributed by atoms with Gasteiger partial charge in [-0.2, -0.15) is 0 Å². The van der Waals surface area contributed by atoms with E-state index >= 15 is 0 Å². The molecule has 0 fully saturated rings. The van der Waals surface area contributed by atoms with Gasteiger partial charge in [0.1, 0.15) is 0 Å². The Hall–Kier alpha value is -0.570. The van der Waals surface area contributed by atoms with Crippen LogP contribution in [0.1, 0.15) is 40.5 Å². The van der Waals surface area contributed by atoms with Crippen LogP contribution in [0.2, 0.25) is 0 Å². The minimum atomic E-state index is -0.278. The molecule has 0 spiro atoms. The molecule has 0 amide bonds. The lowest BCUT2D eigenvalue weighted by Crippen LogP contribution is -2.36. The van der Waals surface area contributed by atoms with E-state index in [1.54, 1.807) is 13.0 Å². The fourth-order valence-electron chi connectivity index (χ4n) is 2.06. The Morgan fingerprint density at radius 1 is 1.53 bits per heavy atom. The smallest absolute Gasteiger partial charge is 0.186 e. The first-order chi connectivity index (χ1) is 6.83. The Morgan fingerprint density at radius 3 is 2.60 bits per heavy atom. The third kappa shape index (κ3) is 3.20. The monoisotopic (exact) mass is 226 g/mol. The Balaban J connectivity index is 2.80. The van der Waals surface area contributed by atoms with Crippen molar-refractivity contribution in [2.24, 2.45) is 5.92 Å². The van der Waals surface area contributed by atoms with Gasteiger partial charge in [0.15, 0.2) is 10.9 Å². The van der Waals surface area contributed by atoms with Crippen molar-refractivity contribution < 1.29 is 9.59 Å². The average Bonchev–Trinajstić information content (AvgIpc) is 1.99. The highest BCUT2D eigenvalue weighted by Crippen LogP contribution is 2.39. The SMILES string of the molecule is CC(=O)SC(C)(C)C1CCC(C)=CC1=O. The molecule has 0 aliphatic heterocycles. The van der Waals surface area contributed by atoms with Crippen LogP contribution >= 0.6 is 11.8 Å². The average molecular weight is 226 g/mol. The summed E-state index contributed by atoms with van der Waals surface area (Å²) in [5.74, 6) is 0.160. The second-order valence-electron chi connectivity index (χ2n) is 4.68. The number of ketones is 1. The molecule has 0 saturated carbocycles. The van der Waals surface area contributed by atoms with Gasteiger partial charge >= 0.3 is 0 Å². The first-order valence-corrected chi connectivity index (χ1v) is 6.05. The van der Waals surface area contributed by atoms with Gasteiger partial charge in [-0.15, -0.1) is 0 Å². The maximum atomic E-state index is 11.8. The largest absolute Gasteiger partial charge is 0.294 e. The zero-order chi connectivity index (χ0) is 11.6. The van der Waals surface area contributed by atoms with Crippen LogP contribution in [0, 0.1) is 5.92 Å².